The first-order valence-corrected chi connectivity index (χ1v) is 11.4. The van der Waals surface area contributed by atoms with Crippen LogP contribution in [-0.2, 0) is 9.59 Å². The van der Waals surface area contributed by atoms with Crippen LogP contribution in [0.4, 0.5) is 23.7 Å². The maximum atomic E-state index is 13.6. The number of piperidine rings is 1. The van der Waals surface area contributed by atoms with Crippen LogP contribution in [0.25, 0.3) is 0 Å². The van der Waals surface area contributed by atoms with Crippen molar-refractivity contribution in [2.75, 3.05) is 25.0 Å². The normalized spacial score (nSPS) is 22.3. The average molecular weight is 505 g/mol. The average Bonchev–Trinajstić information content (AvgIpc) is 3.06. The molecule has 36 heavy (non-hydrogen) atoms. The summed E-state index contributed by atoms with van der Waals surface area (Å²) in [6.45, 7) is 3.29. The van der Waals surface area contributed by atoms with Crippen molar-refractivity contribution in [3.63, 3.8) is 0 Å². The Labute approximate surface area is 205 Å². The molecule has 2 aliphatic heterocycles. The van der Waals surface area contributed by atoms with E-state index in [1.807, 2.05) is 7.05 Å². The third-order valence-corrected chi connectivity index (χ3v) is 6.71. The highest BCUT2D eigenvalue weighted by Gasteiger charge is 2.54. The number of anilines is 1. The quantitative estimate of drug-likeness (QED) is 0.443. The summed E-state index contributed by atoms with van der Waals surface area (Å²) >= 11 is 0. The molecule has 2 saturated heterocycles. The topological polar surface area (TPSA) is 104 Å². The second-order valence-electron chi connectivity index (χ2n) is 9.11. The van der Waals surface area contributed by atoms with E-state index in [0.717, 1.165) is 48.5 Å². The Balaban J connectivity index is 1.66. The Kier molecular flexibility index (Phi) is 6.90. The highest BCUT2D eigenvalue weighted by molar-refractivity contribution is 6.23. The zero-order valence-electron chi connectivity index (χ0n) is 19.7. The SMILES string of the molecule is CN1CCC(c2cnccc2C(NC=O)C2(C)NC(=O)N(c3ccc(OC(F)(F)F)cc3)C2=O)CC1. The molecule has 0 saturated carbocycles. The van der Waals surface area contributed by atoms with Gasteiger partial charge < -0.3 is 20.3 Å². The van der Waals surface area contributed by atoms with E-state index in [1.54, 1.807) is 18.5 Å². The second-order valence-corrected chi connectivity index (χ2v) is 9.11. The Morgan fingerprint density at radius 1 is 1.19 bits per heavy atom. The zero-order valence-corrected chi connectivity index (χ0v) is 19.7. The van der Waals surface area contributed by atoms with Gasteiger partial charge in [0, 0.05) is 12.4 Å². The van der Waals surface area contributed by atoms with Gasteiger partial charge in [0.05, 0.1) is 11.7 Å². The minimum Gasteiger partial charge on any atom is -0.406 e. The van der Waals surface area contributed by atoms with Crippen molar-refractivity contribution in [1.29, 1.82) is 0 Å². The number of benzene rings is 1. The summed E-state index contributed by atoms with van der Waals surface area (Å²) in [5.41, 5.74) is 0.0468. The van der Waals surface area contributed by atoms with E-state index in [1.165, 1.54) is 19.1 Å². The molecule has 2 aromatic rings. The number of ether oxygens (including phenoxy) is 1. The molecule has 2 fully saturated rings. The van der Waals surface area contributed by atoms with E-state index < -0.39 is 35.6 Å². The number of aromatic nitrogens is 1. The fourth-order valence-electron chi connectivity index (χ4n) is 4.86. The molecule has 4 amide bonds. The van der Waals surface area contributed by atoms with Crippen molar-refractivity contribution in [3.05, 3.63) is 53.9 Å². The summed E-state index contributed by atoms with van der Waals surface area (Å²) in [5, 5.41) is 5.38. The van der Waals surface area contributed by atoms with Crippen LogP contribution in [0.5, 0.6) is 5.75 Å². The van der Waals surface area contributed by atoms with Gasteiger partial charge in [-0.3, -0.25) is 14.6 Å². The summed E-state index contributed by atoms with van der Waals surface area (Å²) in [7, 11) is 2.04. The summed E-state index contributed by atoms with van der Waals surface area (Å²) in [5.74, 6) is -0.988. The number of nitrogens with one attached hydrogen (secondary N) is 2. The zero-order chi connectivity index (χ0) is 26.1. The molecule has 12 heteroatoms. The summed E-state index contributed by atoms with van der Waals surface area (Å²) in [6.07, 6.45) is 0.642. The predicted octanol–water partition coefficient (Wildman–Crippen LogP) is 3.09. The number of alkyl halides is 3. The van der Waals surface area contributed by atoms with Gasteiger partial charge in [0.2, 0.25) is 6.41 Å². The van der Waals surface area contributed by atoms with Gasteiger partial charge in [-0.05, 0) is 87.3 Å². The smallest absolute Gasteiger partial charge is 0.406 e. The van der Waals surface area contributed by atoms with Crippen molar-refractivity contribution < 1.29 is 32.3 Å². The summed E-state index contributed by atoms with van der Waals surface area (Å²) < 4.78 is 41.3. The lowest BCUT2D eigenvalue weighted by atomic mass is 9.80. The number of imide groups is 1. The highest BCUT2D eigenvalue weighted by atomic mass is 19.4. The molecule has 1 aromatic carbocycles. The Morgan fingerprint density at radius 3 is 2.47 bits per heavy atom. The van der Waals surface area contributed by atoms with Gasteiger partial charge in [-0.1, -0.05) is 0 Å². The molecule has 0 aliphatic carbocycles. The van der Waals surface area contributed by atoms with Crippen LogP contribution in [0, 0.1) is 0 Å². The molecule has 192 valence electrons. The minimum absolute atomic E-state index is 0.0610. The van der Waals surface area contributed by atoms with E-state index >= 15 is 0 Å². The Morgan fingerprint density at radius 2 is 1.86 bits per heavy atom. The molecule has 2 atom stereocenters. The largest absolute Gasteiger partial charge is 0.573 e. The van der Waals surface area contributed by atoms with Crippen molar-refractivity contribution in [2.24, 2.45) is 0 Å². The molecule has 0 radical (unpaired) electrons. The predicted molar refractivity (Wildman–Crippen MR) is 123 cm³/mol. The number of pyridine rings is 1. The molecule has 4 rings (SSSR count). The van der Waals surface area contributed by atoms with Crippen LogP contribution in [0.1, 0.15) is 42.9 Å². The van der Waals surface area contributed by atoms with Crippen molar-refractivity contribution >= 4 is 24.0 Å². The summed E-state index contributed by atoms with van der Waals surface area (Å²) in [6, 6.07) is 4.45. The number of carbonyl (C=O) groups is 3. The van der Waals surface area contributed by atoms with E-state index in [2.05, 4.69) is 25.3 Å². The monoisotopic (exact) mass is 505 g/mol. The van der Waals surface area contributed by atoms with Gasteiger partial charge in [-0.2, -0.15) is 0 Å². The maximum Gasteiger partial charge on any atom is 0.573 e. The van der Waals surface area contributed by atoms with Crippen molar-refractivity contribution in [3.8, 4) is 5.75 Å². The third kappa shape index (κ3) is 4.99. The van der Waals surface area contributed by atoms with Gasteiger partial charge in [0.25, 0.3) is 5.91 Å². The number of rotatable bonds is 7. The lowest BCUT2D eigenvalue weighted by Gasteiger charge is -2.35. The van der Waals surface area contributed by atoms with E-state index in [4.69, 9.17) is 0 Å². The van der Waals surface area contributed by atoms with Gasteiger partial charge in [-0.15, -0.1) is 13.2 Å². The third-order valence-electron chi connectivity index (χ3n) is 6.71. The fourth-order valence-corrected chi connectivity index (χ4v) is 4.86. The number of halogens is 3. The Bertz CT molecular complexity index is 1140. The van der Waals surface area contributed by atoms with Crippen molar-refractivity contribution in [1.82, 2.24) is 20.5 Å². The number of carbonyl (C=O) groups excluding carboxylic acids is 3. The fraction of sp³-hybridized carbons (Fsp3) is 0.417. The van der Waals surface area contributed by atoms with Gasteiger partial charge >= 0.3 is 12.4 Å². The van der Waals surface area contributed by atoms with Crippen LogP contribution < -0.4 is 20.3 Å². The molecular weight excluding hydrogens is 479 g/mol. The van der Waals surface area contributed by atoms with E-state index in [-0.39, 0.29) is 11.6 Å². The van der Waals surface area contributed by atoms with Crippen LogP contribution >= 0.6 is 0 Å². The van der Waals surface area contributed by atoms with Crippen LogP contribution in [0.3, 0.4) is 0 Å². The first-order chi connectivity index (χ1) is 17.0. The van der Waals surface area contributed by atoms with Gasteiger partial charge in [0.1, 0.15) is 11.3 Å². The first-order valence-electron chi connectivity index (χ1n) is 11.4. The molecule has 1 aromatic heterocycles. The standard InChI is InChI=1S/C24H26F3N5O4/c1-23(20(29-14-33)18-7-10-28-13-19(18)15-8-11-31(2)12-9-15)21(34)32(22(35)30-23)16-3-5-17(6-4-16)36-24(25,26)27/h3-7,10,13-15,20H,8-9,11-12H2,1-2H3,(H,29,33)(H,30,35). The van der Waals surface area contributed by atoms with Gasteiger partial charge in [0.15, 0.2) is 0 Å². The molecule has 2 unspecified atom stereocenters. The van der Waals surface area contributed by atoms with Crippen LogP contribution in [0.15, 0.2) is 42.7 Å². The molecule has 3 heterocycles. The number of hydrogen-bond acceptors (Lipinski definition) is 6. The number of likely N-dealkylation sites (tertiary alicyclic amines) is 1. The number of hydrogen-bond donors (Lipinski definition) is 2. The molecule has 2 aliphatic rings. The number of nitrogens with zero attached hydrogens (tertiary/aromatic N) is 3. The minimum atomic E-state index is -4.87. The lowest BCUT2D eigenvalue weighted by molar-refractivity contribution is -0.274. The van der Waals surface area contributed by atoms with E-state index in [0.29, 0.717) is 12.0 Å². The lowest BCUT2D eigenvalue weighted by Crippen LogP contribution is -2.54. The first kappa shape index (κ1) is 25.4. The number of amides is 4. The summed E-state index contributed by atoms with van der Waals surface area (Å²) in [4.78, 5) is 45.5. The second kappa shape index (κ2) is 9.76. The van der Waals surface area contributed by atoms with Crippen molar-refractivity contribution in [2.45, 2.75) is 43.6 Å². The molecule has 2 N–H and O–H groups in total. The van der Waals surface area contributed by atoms with Gasteiger partial charge in [-0.25, -0.2) is 9.69 Å². The molecule has 9 nitrogen and oxygen atoms in total. The van der Waals surface area contributed by atoms with Crippen LogP contribution in [-0.4, -0.2) is 60.3 Å². The van der Waals surface area contributed by atoms with Crippen LogP contribution in [0.2, 0.25) is 0 Å². The maximum absolute atomic E-state index is 13.6. The molecule has 0 spiro atoms. The molecule has 0 bridgehead atoms. The highest BCUT2D eigenvalue weighted by Crippen LogP contribution is 2.39. The molecular formula is C24H26F3N5O4. The Hall–Kier alpha value is -3.67. The van der Waals surface area contributed by atoms with E-state index in [9.17, 15) is 27.6 Å². The number of urea groups is 1.